The zero-order valence-corrected chi connectivity index (χ0v) is 8.38. The lowest BCUT2D eigenvalue weighted by atomic mass is 9.99. The molecule has 0 aliphatic rings. The molecule has 0 saturated heterocycles. The van der Waals surface area contributed by atoms with Gasteiger partial charge in [-0.25, -0.2) is 0 Å². The minimum atomic E-state index is -0.879. The van der Waals surface area contributed by atoms with Crippen LogP contribution in [0, 0.1) is 0 Å². The van der Waals surface area contributed by atoms with E-state index in [0.29, 0.717) is 12.8 Å². The van der Waals surface area contributed by atoms with Crippen LogP contribution in [-0.4, -0.2) is 26.9 Å². The third-order valence-corrected chi connectivity index (χ3v) is 2.20. The lowest BCUT2D eigenvalue weighted by molar-refractivity contribution is -0.137. The third kappa shape index (κ3) is 7.64. The van der Waals surface area contributed by atoms with Gasteiger partial charge in [-0.05, 0) is 12.8 Å². The van der Waals surface area contributed by atoms with Crippen molar-refractivity contribution in [2.45, 2.75) is 37.4 Å². The van der Waals surface area contributed by atoms with E-state index in [1.54, 1.807) is 6.92 Å². The first-order valence-electron chi connectivity index (χ1n) is 3.99. The lowest BCUT2D eigenvalue weighted by Crippen LogP contribution is -2.19. The van der Waals surface area contributed by atoms with Gasteiger partial charge in [0.25, 0.3) is 0 Å². The Morgan fingerprint density at radius 1 is 1.15 bits per heavy atom. The van der Waals surface area contributed by atoms with E-state index in [2.05, 4.69) is 12.6 Å². The van der Waals surface area contributed by atoms with Gasteiger partial charge >= 0.3 is 11.9 Å². The fraction of sp³-hybridized carbons (Fsp3) is 0.750. The van der Waals surface area contributed by atoms with Crippen LogP contribution in [0.25, 0.3) is 0 Å². The second-order valence-corrected chi connectivity index (χ2v) is 4.36. The van der Waals surface area contributed by atoms with Gasteiger partial charge in [0.15, 0.2) is 0 Å². The summed E-state index contributed by atoms with van der Waals surface area (Å²) < 4.78 is -0.503. The smallest absolute Gasteiger partial charge is 0.303 e. The average Bonchev–Trinajstić information content (AvgIpc) is 1.98. The Balaban J connectivity index is 3.79. The Hall–Kier alpha value is -0.710. The van der Waals surface area contributed by atoms with Crippen molar-refractivity contribution in [3.8, 4) is 0 Å². The van der Waals surface area contributed by atoms with Crippen molar-refractivity contribution in [3.05, 3.63) is 0 Å². The van der Waals surface area contributed by atoms with E-state index in [4.69, 9.17) is 10.2 Å². The van der Waals surface area contributed by atoms with Gasteiger partial charge in [-0.3, -0.25) is 9.59 Å². The predicted octanol–water partition coefficient (Wildman–Crippen LogP) is 1.40. The molecule has 0 amide bonds. The molecule has 5 heteroatoms. The van der Waals surface area contributed by atoms with E-state index in [1.807, 2.05) is 0 Å². The van der Waals surface area contributed by atoms with E-state index in [-0.39, 0.29) is 12.8 Å². The van der Waals surface area contributed by atoms with E-state index in [1.165, 1.54) is 0 Å². The van der Waals surface area contributed by atoms with Crippen LogP contribution < -0.4 is 0 Å². The van der Waals surface area contributed by atoms with Gasteiger partial charge in [0.1, 0.15) is 0 Å². The SMILES string of the molecule is CC(S)(CCC(=O)O)CCC(=O)O. The number of rotatable bonds is 6. The van der Waals surface area contributed by atoms with E-state index < -0.39 is 16.7 Å². The summed E-state index contributed by atoms with van der Waals surface area (Å²) in [5.41, 5.74) is 0. The maximum atomic E-state index is 10.2. The van der Waals surface area contributed by atoms with Crippen molar-refractivity contribution in [1.29, 1.82) is 0 Å². The molecule has 76 valence electrons. The van der Waals surface area contributed by atoms with Crippen molar-refractivity contribution in [2.24, 2.45) is 0 Å². The molecule has 13 heavy (non-hydrogen) atoms. The van der Waals surface area contributed by atoms with Crippen LogP contribution in [0.2, 0.25) is 0 Å². The number of hydrogen-bond acceptors (Lipinski definition) is 3. The van der Waals surface area contributed by atoms with Crippen LogP contribution >= 0.6 is 12.6 Å². The highest BCUT2D eigenvalue weighted by atomic mass is 32.1. The highest BCUT2D eigenvalue weighted by Gasteiger charge is 2.21. The summed E-state index contributed by atoms with van der Waals surface area (Å²) in [7, 11) is 0. The third-order valence-electron chi connectivity index (χ3n) is 1.75. The molecule has 0 atom stereocenters. The van der Waals surface area contributed by atoms with Crippen LogP contribution in [0.4, 0.5) is 0 Å². The standard InChI is InChI=1S/C8H14O4S/c1-8(13,4-2-6(9)10)5-3-7(11)12/h13H,2-5H2,1H3,(H,9,10)(H,11,12). The maximum Gasteiger partial charge on any atom is 0.303 e. The van der Waals surface area contributed by atoms with Crippen molar-refractivity contribution in [2.75, 3.05) is 0 Å². The minimum Gasteiger partial charge on any atom is -0.481 e. The van der Waals surface area contributed by atoms with Gasteiger partial charge in [0, 0.05) is 17.6 Å². The molecule has 0 heterocycles. The summed E-state index contributed by atoms with van der Waals surface area (Å²) >= 11 is 4.21. The van der Waals surface area contributed by atoms with Gasteiger partial charge in [0.2, 0.25) is 0 Å². The van der Waals surface area contributed by atoms with E-state index in [0.717, 1.165) is 0 Å². The quantitative estimate of drug-likeness (QED) is 0.574. The summed E-state index contributed by atoms with van der Waals surface area (Å²) in [4.78, 5) is 20.5. The number of carboxylic acids is 2. The molecule has 2 N–H and O–H groups in total. The van der Waals surface area contributed by atoms with Crippen LogP contribution in [0.15, 0.2) is 0 Å². The topological polar surface area (TPSA) is 74.6 Å². The molecular weight excluding hydrogens is 192 g/mol. The highest BCUT2D eigenvalue weighted by Crippen LogP contribution is 2.26. The Morgan fingerprint density at radius 2 is 1.46 bits per heavy atom. The van der Waals surface area contributed by atoms with Crippen molar-refractivity contribution in [3.63, 3.8) is 0 Å². The van der Waals surface area contributed by atoms with E-state index in [9.17, 15) is 9.59 Å². The first-order valence-corrected chi connectivity index (χ1v) is 4.44. The Bertz CT molecular complexity index is 180. The van der Waals surface area contributed by atoms with Crippen LogP contribution in [0.5, 0.6) is 0 Å². The number of thiol groups is 1. The summed E-state index contributed by atoms with van der Waals surface area (Å²) in [6.07, 6.45) is 0.830. The number of carbonyl (C=O) groups is 2. The van der Waals surface area contributed by atoms with E-state index >= 15 is 0 Å². The fourth-order valence-electron chi connectivity index (χ4n) is 0.877. The highest BCUT2D eigenvalue weighted by molar-refractivity contribution is 7.81. The van der Waals surface area contributed by atoms with Crippen molar-refractivity contribution < 1.29 is 19.8 Å². The lowest BCUT2D eigenvalue weighted by Gasteiger charge is -2.21. The summed E-state index contributed by atoms with van der Waals surface area (Å²) in [6, 6.07) is 0. The van der Waals surface area contributed by atoms with Gasteiger partial charge < -0.3 is 10.2 Å². The first kappa shape index (κ1) is 12.3. The number of hydrogen-bond donors (Lipinski definition) is 3. The van der Waals surface area contributed by atoms with Crippen LogP contribution in [0.1, 0.15) is 32.6 Å². The zero-order chi connectivity index (χ0) is 10.5. The van der Waals surface area contributed by atoms with Gasteiger partial charge in [-0.15, -0.1) is 0 Å². The average molecular weight is 206 g/mol. The number of carboxylic acid groups (broad SMARTS) is 2. The van der Waals surface area contributed by atoms with Crippen LogP contribution in [-0.2, 0) is 9.59 Å². The number of aliphatic carboxylic acids is 2. The monoisotopic (exact) mass is 206 g/mol. The molecule has 0 spiro atoms. The molecule has 0 fully saturated rings. The zero-order valence-electron chi connectivity index (χ0n) is 7.49. The molecule has 0 aromatic heterocycles. The maximum absolute atomic E-state index is 10.2. The molecule has 0 aromatic rings. The Morgan fingerprint density at radius 3 is 1.69 bits per heavy atom. The van der Waals surface area contributed by atoms with Gasteiger partial charge in [-0.2, -0.15) is 12.6 Å². The molecule has 0 unspecified atom stereocenters. The minimum absolute atomic E-state index is 0.0274. The van der Waals surface area contributed by atoms with Crippen molar-refractivity contribution in [1.82, 2.24) is 0 Å². The van der Waals surface area contributed by atoms with Gasteiger partial charge in [0.05, 0.1) is 0 Å². The molecule has 0 aliphatic heterocycles. The molecule has 0 radical (unpaired) electrons. The molecular formula is C8H14O4S. The normalized spacial score (nSPS) is 11.2. The van der Waals surface area contributed by atoms with Crippen LogP contribution in [0.3, 0.4) is 0 Å². The molecule has 0 rings (SSSR count). The largest absolute Gasteiger partial charge is 0.481 e. The fourth-order valence-corrected chi connectivity index (χ4v) is 1.10. The molecule has 0 saturated carbocycles. The molecule has 0 bridgehead atoms. The van der Waals surface area contributed by atoms with Gasteiger partial charge in [-0.1, -0.05) is 6.92 Å². The van der Waals surface area contributed by atoms with Crippen molar-refractivity contribution >= 4 is 24.6 Å². The summed E-state index contributed by atoms with van der Waals surface area (Å²) in [5.74, 6) is -1.76. The first-order chi connectivity index (χ1) is 5.83. The Labute approximate surface area is 82.4 Å². The second-order valence-electron chi connectivity index (χ2n) is 3.28. The molecule has 0 aromatic carbocycles. The molecule has 4 nitrogen and oxygen atoms in total. The second kappa shape index (κ2) is 5.11. The summed E-state index contributed by atoms with van der Waals surface area (Å²) in [5, 5.41) is 16.8. The Kier molecular flexibility index (Phi) is 4.83. The molecule has 0 aliphatic carbocycles. The summed E-state index contributed by atoms with van der Waals surface area (Å²) in [6.45, 7) is 1.75. The predicted molar refractivity (Wildman–Crippen MR) is 51.1 cm³/mol.